The van der Waals surface area contributed by atoms with Crippen molar-refractivity contribution in [3.63, 3.8) is 0 Å². The number of benzene rings is 1. The summed E-state index contributed by atoms with van der Waals surface area (Å²) < 4.78 is 15.1. The molecule has 2 rings (SSSR count). The zero-order valence-electron chi connectivity index (χ0n) is 12.1. The number of rotatable bonds is 3. The minimum absolute atomic E-state index is 0.106. The molecule has 1 fully saturated rings. The first-order chi connectivity index (χ1) is 9.61. The molecule has 112 valence electrons. The molecule has 1 aromatic carbocycles. The van der Waals surface area contributed by atoms with Crippen LogP contribution in [-0.2, 0) is 4.74 Å². The van der Waals surface area contributed by atoms with Crippen LogP contribution >= 0.6 is 0 Å². The smallest absolute Gasteiger partial charge is 0.339 e. The SMILES string of the molecule is C1COCCN1.COc1c(C)ccc(C(=O)O)c1OC. The molecule has 0 aromatic heterocycles. The van der Waals surface area contributed by atoms with Gasteiger partial charge in [0.2, 0.25) is 0 Å². The fourth-order valence-corrected chi connectivity index (χ4v) is 1.80. The Morgan fingerprint density at radius 1 is 1.20 bits per heavy atom. The van der Waals surface area contributed by atoms with Gasteiger partial charge in [0.05, 0.1) is 27.4 Å². The average molecular weight is 283 g/mol. The highest BCUT2D eigenvalue weighted by molar-refractivity contribution is 5.92. The summed E-state index contributed by atoms with van der Waals surface area (Å²) in [6, 6.07) is 3.18. The third-order valence-electron chi connectivity index (χ3n) is 2.79. The average Bonchev–Trinajstić information content (AvgIpc) is 2.48. The van der Waals surface area contributed by atoms with Crippen molar-refractivity contribution in [2.45, 2.75) is 6.92 Å². The Bertz CT molecular complexity index is 432. The quantitative estimate of drug-likeness (QED) is 0.871. The third kappa shape index (κ3) is 4.40. The van der Waals surface area contributed by atoms with E-state index in [1.807, 2.05) is 6.92 Å². The van der Waals surface area contributed by atoms with Crippen molar-refractivity contribution in [2.24, 2.45) is 0 Å². The van der Waals surface area contributed by atoms with Crippen molar-refractivity contribution in [3.8, 4) is 11.5 Å². The molecule has 0 spiro atoms. The Kier molecular flexibility index (Phi) is 6.83. The van der Waals surface area contributed by atoms with Crippen molar-refractivity contribution in [3.05, 3.63) is 23.3 Å². The molecule has 1 saturated heterocycles. The maximum absolute atomic E-state index is 10.8. The van der Waals surface area contributed by atoms with Gasteiger partial charge in [-0.15, -0.1) is 0 Å². The van der Waals surface area contributed by atoms with E-state index in [1.165, 1.54) is 20.3 Å². The summed E-state index contributed by atoms with van der Waals surface area (Å²) in [5.41, 5.74) is 0.948. The molecule has 20 heavy (non-hydrogen) atoms. The van der Waals surface area contributed by atoms with E-state index in [1.54, 1.807) is 6.07 Å². The molecular weight excluding hydrogens is 262 g/mol. The minimum Gasteiger partial charge on any atom is -0.493 e. The van der Waals surface area contributed by atoms with Crippen molar-refractivity contribution in [2.75, 3.05) is 40.5 Å². The molecule has 1 heterocycles. The molecule has 0 aliphatic carbocycles. The van der Waals surface area contributed by atoms with E-state index >= 15 is 0 Å². The Morgan fingerprint density at radius 3 is 2.15 bits per heavy atom. The molecule has 0 unspecified atom stereocenters. The number of methoxy groups -OCH3 is 2. The Balaban J connectivity index is 0.000000276. The largest absolute Gasteiger partial charge is 0.493 e. The fraction of sp³-hybridized carbons (Fsp3) is 0.500. The summed E-state index contributed by atoms with van der Waals surface area (Å²) in [4.78, 5) is 10.8. The fourth-order valence-electron chi connectivity index (χ4n) is 1.80. The van der Waals surface area contributed by atoms with E-state index in [-0.39, 0.29) is 11.3 Å². The standard InChI is InChI=1S/C10H12O4.C4H9NO/c1-6-4-5-7(10(11)12)9(14-3)8(6)13-2;1-3-6-4-2-5-1/h4-5H,1-3H3,(H,11,12);5H,1-4H2. The van der Waals surface area contributed by atoms with Gasteiger partial charge in [0.25, 0.3) is 0 Å². The predicted octanol–water partition coefficient (Wildman–Crippen LogP) is 1.32. The van der Waals surface area contributed by atoms with Gasteiger partial charge in [0.1, 0.15) is 5.56 Å². The van der Waals surface area contributed by atoms with Crippen LogP contribution in [0.25, 0.3) is 0 Å². The zero-order chi connectivity index (χ0) is 15.0. The van der Waals surface area contributed by atoms with E-state index in [0.29, 0.717) is 5.75 Å². The topological polar surface area (TPSA) is 77.0 Å². The predicted molar refractivity (Wildman–Crippen MR) is 74.9 cm³/mol. The lowest BCUT2D eigenvalue weighted by atomic mass is 10.1. The Labute approximate surface area is 118 Å². The van der Waals surface area contributed by atoms with E-state index in [4.69, 9.17) is 19.3 Å². The normalized spacial score (nSPS) is 13.9. The molecule has 0 amide bonds. The third-order valence-corrected chi connectivity index (χ3v) is 2.79. The first-order valence-electron chi connectivity index (χ1n) is 6.35. The van der Waals surface area contributed by atoms with E-state index in [9.17, 15) is 4.79 Å². The van der Waals surface area contributed by atoms with Gasteiger partial charge in [0, 0.05) is 13.1 Å². The van der Waals surface area contributed by atoms with Crippen LogP contribution in [-0.4, -0.2) is 51.6 Å². The van der Waals surface area contributed by atoms with Gasteiger partial charge >= 0.3 is 5.97 Å². The van der Waals surface area contributed by atoms with Crippen molar-refractivity contribution in [1.29, 1.82) is 0 Å². The number of ether oxygens (including phenoxy) is 3. The van der Waals surface area contributed by atoms with Crippen LogP contribution in [0.15, 0.2) is 12.1 Å². The first-order valence-corrected chi connectivity index (χ1v) is 6.35. The number of aromatic carboxylic acids is 1. The molecule has 1 aliphatic rings. The van der Waals surface area contributed by atoms with Crippen molar-refractivity contribution < 1.29 is 24.1 Å². The molecule has 0 bridgehead atoms. The number of aryl methyl sites for hydroxylation is 1. The molecule has 1 aliphatic heterocycles. The van der Waals surface area contributed by atoms with Crippen LogP contribution in [0, 0.1) is 6.92 Å². The van der Waals surface area contributed by atoms with Crippen LogP contribution in [0.2, 0.25) is 0 Å². The van der Waals surface area contributed by atoms with Gasteiger partial charge in [-0.2, -0.15) is 0 Å². The lowest BCUT2D eigenvalue weighted by Gasteiger charge is -2.12. The van der Waals surface area contributed by atoms with Gasteiger partial charge in [-0.25, -0.2) is 4.79 Å². The van der Waals surface area contributed by atoms with E-state index < -0.39 is 5.97 Å². The molecule has 0 saturated carbocycles. The lowest BCUT2D eigenvalue weighted by molar-refractivity contribution is 0.0692. The molecule has 2 N–H and O–H groups in total. The number of carbonyl (C=O) groups is 1. The molecular formula is C14H21NO5. The second-order valence-electron chi connectivity index (χ2n) is 4.16. The van der Waals surface area contributed by atoms with Crippen molar-refractivity contribution in [1.82, 2.24) is 5.32 Å². The molecule has 1 aromatic rings. The van der Waals surface area contributed by atoms with Gasteiger partial charge in [-0.3, -0.25) is 0 Å². The zero-order valence-corrected chi connectivity index (χ0v) is 12.1. The minimum atomic E-state index is -1.03. The van der Waals surface area contributed by atoms with Gasteiger partial charge in [-0.05, 0) is 18.6 Å². The van der Waals surface area contributed by atoms with Gasteiger partial charge in [0.15, 0.2) is 11.5 Å². The van der Waals surface area contributed by atoms with Gasteiger partial charge in [-0.1, -0.05) is 6.07 Å². The van der Waals surface area contributed by atoms with E-state index in [2.05, 4.69) is 5.32 Å². The maximum atomic E-state index is 10.8. The highest BCUT2D eigenvalue weighted by Gasteiger charge is 2.17. The van der Waals surface area contributed by atoms with E-state index in [0.717, 1.165) is 31.9 Å². The summed E-state index contributed by atoms with van der Waals surface area (Å²) in [7, 11) is 2.90. The van der Waals surface area contributed by atoms with Crippen LogP contribution in [0.1, 0.15) is 15.9 Å². The highest BCUT2D eigenvalue weighted by Crippen LogP contribution is 2.34. The first kappa shape index (κ1) is 16.3. The number of hydrogen-bond acceptors (Lipinski definition) is 5. The van der Waals surface area contributed by atoms with Crippen molar-refractivity contribution >= 4 is 5.97 Å². The second kappa shape index (κ2) is 8.39. The lowest BCUT2D eigenvalue weighted by Crippen LogP contribution is -2.30. The van der Waals surface area contributed by atoms with Crippen LogP contribution in [0.4, 0.5) is 0 Å². The Hall–Kier alpha value is -1.79. The molecule has 0 atom stereocenters. The van der Waals surface area contributed by atoms with Crippen LogP contribution < -0.4 is 14.8 Å². The number of carboxylic acid groups (broad SMARTS) is 1. The monoisotopic (exact) mass is 283 g/mol. The number of hydrogen-bond donors (Lipinski definition) is 2. The summed E-state index contributed by atoms with van der Waals surface area (Å²) >= 11 is 0. The summed E-state index contributed by atoms with van der Waals surface area (Å²) in [5, 5.41) is 12.0. The summed E-state index contributed by atoms with van der Waals surface area (Å²) in [5.74, 6) is -0.299. The van der Waals surface area contributed by atoms with Gasteiger partial charge < -0.3 is 24.6 Å². The summed E-state index contributed by atoms with van der Waals surface area (Å²) in [6.45, 7) is 5.66. The number of morpholine rings is 1. The number of nitrogens with one attached hydrogen (secondary N) is 1. The molecule has 6 heteroatoms. The maximum Gasteiger partial charge on any atom is 0.339 e. The Morgan fingerprint density at radius 2 is 1.80 bits per heavy atom. The molecule has 0 radical (unpaired) electrons. The molecule has 6 nitrogen and oxygen atoms in total. The highest BCUT2D eigenvalue weighted by atomic mass is 16.5. The number of carboxylic acids is 1. The van der Waals surface area contributed by atoms with Crippen LogP contribution in [0.3, 0.4) is 0 Å². The summed E-state index contributed by atoms with van der Waals surface area (Å²) in [6.07, 6.45) is 0. The second-order valence-corrected chi connectivity index (χ2v) is 4.16. The van der Waals surface area contributed by atoms with Crippen LogP contribution in [0.5, 0.6) is 11.5 Å².